The average Bonchev–Trinajstić information content (AvgIpc) is 2.81. The predicted molar refractivity (Wildman–Crippen MR) is 120 cm³/mol. The molecule has 0 radical (unpaired) electrons. The number of carbonyl (C=O) groups is 3. The second-order valence-electron chi connectivity index (χ2n) is 8.08. The number of sulfone groups is 1. The van der Waals surface area contributed by atoms with Gasteiger partial charge < -0.3 is 20.3 Å². The van der Waals surface area contributed by atoms with E-state index in [2.05, 4.69) is 10.6 Å². The highest BCUT2D eigenvalue weighted by Gasteiger charge is 2.56. The van der Waals surface area contributed by atoms with Gasteiger partial charge in [-0.15, -0.1) is 0 Å². The number of nitrogens with zero attached hydrogens (tertiary/aromatic N) is 1. The standard InChI is InChI=1S/C23H25N3O6S/c27-20(25-19-21(28)26-12-7-13-33(30,31)22(19)26)18(14-16-8-3-1-4-9-16)24-23(29)32-15-17-10-5-2-6-11-17/h1-6,8-11,18-19,22H,7,12-15H2,(H,24,29)(H,25,27)/t18-,19+,22+/m0/s1. The van der Waals surface area contributed by atoms with Crippen molar-refractivity contribution in [2.24, 2.45) is 0 Å². The zero-order valence-corrected chi connectivity index (χ0v) is 18.7. The second kappa shape index (κ2) is 9.62. The summed E-state index contributed by atoms with van der Waals surface area (Å²) in [6, 6.07) is 15.9. The first-order valence-electron chi connectivity index (χ1n) is 10.7. The summed E-state index contributed by atoms with van der Waals surface area (Å²) >= 11 is 0. The number of rotatable bonds is 7. The third-order valence-electron chi connectivity index (χ3n) is 5.74. The fourth-order valence-corrected chi connectivity index (χ4v) is 6.04. The number of benzene rings is 2. The first-order chi connectivity index (χ1) is 15.8. The van der Waals surface area contributed by atoms with E-state index in [1.165, 1.54) is 4.90 Å². The van der Waals surface area contributed by atoms with Gasteiger partial charge in [0.05, 0.1) is 5.75 Å². The van der Waals surface area contributed by atoms with Gasteiger partial charge in [0.2, 0.25) is 11.8 Å². The summed E-state index contributed by atoms with van der Waals surface area (Å²) in [5.74, 6) is -1.10. The van der Waals surface area contributed by atoms with Gasteiger partial charge >= 0.3 is 6.09 Å². The zero-order valence-electron chi connectivity index (χ0n) is 17.8. The van der Waals surface area contributed by atoms with E-state index in [0.29, 0.717) is 13.0 Å². The Balaban J connectivity index is 1.44. The lowest BCUT2D eigenvalue weighted by atomic mass is 10.0. The molecule has 2 aliphatic heterocycles. The van der Waals surface area contributed by atoms with Gasteiger partial charge in [0.15, 0.2) is 15.2 Å². The third kappa shape index (κ3) is 5.16. The number of ether oxygens (including phenoxy) is 1. The summed E-state index contributed by atoms with van der Waals surface area (Å²) < 4.78 is 30.0. The zero-order chi connectivity index (χ0) is 23.4. The van der Waals surface area contributed by atoms with Crippen molar-refractivity contribution in [3.05, 3.63) is 71.8 Å². The van der Waals surface area contributed by atoms with Gasteiger partial charge in [-0.05, 0) is 17.5 Å². The lowest BCUT2D eigenvalue weighted by molar-refractivity contribution is -0.149. The highest BCUT2D eigenvalue weighted by Crippen LogP contribution is 2.30. The summed E-state index contributed by atoms with van der Waals surface area (Å²) in [6.07, 6.45) is -0.256. The average molecular weight is 472 g/mol. The van der Waals surface area contributed by atoms with Gasteiger partial charge in [0, 0.05) is 13.0 Å². The maximum Gasteiger partial charge on any atom is 0.408 e. The van der Waals surface area contributed by atoms with Crippen LogP contribution < -0.4 is 10.6 Å². The number of hydrogen-bond acceptors (Lipinski definition) is 6. The monoisotopic (exact) mass is 471 g/mol. The predicted octanol–water partition coefficient (Wildman–Crippen LogP) is 0.996. The minimum absolute atomic E-state index is 0.0225. The molecule has 3 atom stereocenters. The molecule has 2 heterocycles. The van der Waals surface area contributed by atoms with Crippen molar-refractivity contribution in [1.29, 1.82) is 0 Å². The van der Waals surface area contributed by atoms with Gasteiger partial charge in [-0.2, -0.15) is 0 Å². The van der Waals surface area contributed by atoms with Crippen molar-refractivity contribution in [1.82, 2.24) is 15.5 Å². The lowest BCUT2D eigenvalue weighted by Gasteiger charge is -2.49. The summed E-state index contributed by atoms with van der Waals surface area (Å²) in [5.41, 5.74) is 1.58. The van der Waals surface area contributed by atoms with Gasteiger partial charge in [-0.1, -0.05) is 60.7 Å². The van der Waals surface area contributed by atoms with Crippen molar-refractivity contribution in [2.75, 3.05) is 12.3 Å². The maximum atomic E-state index is 13.0. The number of amides is 3. The molecule has 2 saturated heterocycles. The minimum atomic E-state index is -3.52. The smallest absolute Gasteiger partial charge is 0.408 e. The second-order valence-corrected chi connectivity index (χ2v) is 10.3. The number of β-lactam (4-membered cyclic amide) rings is 1. The van der Waals surface area contributed by atoms with E-state index in [1.807, 2.05) is 24.3 Å². The Labute approximate surface area is 192 Å². The van der Waals surface area contributed by atoms with Gasteiger partial charge in [-0.25, -0.2) is 13.2 Å². The number of nitrogens with one attached hydrogen (secondary N) is 2. The number of alkyl carbamates (subject to hydrolysis) is 1. The van der Waals surface area contributed by atoms with Gasteiger partial charge in [0.1, 0.15) is 18.7 Å². The highest BCUT2D eigenvalue weighted by atomic mass is 32.2. The first kappa shape index (κ1) is 22.8. The Hall–Kier alpha value is -3.40. The molecule has 0 bridgehead atoms. The van der Waals surface area contributed by atoms with Crippen LogP contribution in [-0.2, 0) is 37.2 Å². The van der Waals surface area contributed by atoms with E-state index in [9.17, 15) is 22.8 Å². The van der Waals surface area contributed by atoms with Crippen LogP contribution in [-0.4, -0.2) is 61.0 Å². The quantitative estimate of drug-likeness (QED) is 0.581. The van der Waals surface area contributed by atoms with Crippen LogP contribution >= 0.6 is 0 Å². The molecule has 0 saturated carbocycles. The van der Waals surface area contributed by atoms with Crippen LogP contribution in [0.1, 0.15) is 17.5 Å². The maximum absolute atomic E-state index is 13.0. The van der Waals surface area contributed by atoms with Crippen LogP contribution in [0.15, 0.2) is 60.7 Å². The van der Waals surface area contributed by atoms with E-state index < -0.39 is 45.2 Å². The molecule has 2 aliphatic rings. The lowest BCUT2D eigenvalue weighted by Crippen LogP contribution is -2.75. The van der Waals surface area contributed by atoms with E-state index in [0.717, 1.165) is 11.1 Å². The molecule has 2 aromatic rings. The van der Waals surface area contributed by atoms with Crippen molar-refractivity contribution >= 4 is 27.7 Å². The Morgan fingerprint density at radius 1 is 1.03 bits per heavy atom. The molecule has 0 aromatic heterocycles. The first-order valence-corrected chi connectivity index (χ1v) is 12.4. The van der Waals surface area contributed by atoms with Crippen LogP contribution in [0.3, 0.4) is 0 Å². The van der Waals surface area contributed by atoms with E-state index in [1.54, 1.807) is 36.4 Å². The molecular formula is C23H25N3O6S. The van der Waals surface area contributed by atoms with Crippen molar-refractivity contribution < 1.29 is 27.5 Å². The van der Waals surface area contributed by atoms with Crippen molar-refractivity contribution in [3.8, 4) is 0 Å². The van der Waals surface area contributed by atoms with Crippen LogP contribution in [0, 0.1) is 0 Å². The fraction of sp³-hybridized carbons (Fsp3) is 0.348. The minimum Gasteiger partial charge on any atom is -0.445 e. The Morgan fingerprint density at radius 3 is 2.33 bits per heavy atom. The summed E-state index contributed by atoms with van der Waals surface area (Å²) in [5, 5.41) is 4.04. The molecule has 3 amide bonds. The van der Waals surface area contributed by atoms with Gasteiger partial charge in [-0.3, -0.25) is 9.59 Å². The van der Waals surface area contributed by atoms with Crippen LogP contribution in [0.25, 0.3) is 0 Å². The normalized spacial score (nSPS) is 21.8. The molecule has 0 spiro atoms. The molecule has 10 heteroatoms. The Bertz CT molecular complexity index is 1120. The summed E-state index contributed by atoms with van der Waals surface area (Å²) in [4.78, 5) is 39.1. The molecule has 2 N–H and O–H groups in total. The van der Waals surface area contributed by atoms with Crippen LogP contribution in [0.5, 0.6) is 0 Å². The molecule has 0 aliphatic carbocycles. The van der Waals surface area contributed by atoms with Crippen LogP contribution in [0.2, 0.25) is 0 Å². The number of fused-ring (bicyclic) bond motifs is 1. The Kier molecular flexibility index (Phi) is 6.64. The topological polar surface area (TPSA) is 122 Å². The molecular weight excluding hydrogens is 446 g/mol. The van der Waals surface area contributed by atoms with Crippen molar-refractivity contribution in [3.63, 3.8) is 0 Å². The molecule has 4 rings (SSSR count). The van der Waals surface area contributed by atoms with E-state index in [-0.39, 0.29) is 18.8 Å². The van der Waals surface area contributed by atoms with E-state index in [4.69, 9.17) is 4.74 Å². The largest absolute Gasteiger partial charge is 0.445 e. The molecule has 33 heavy (non-hydrogen) atoms. The molecule has 0 unspecified atom stereocenters. The fourth-order valence-electron chi connectivity index (χ4n) is 4.07. The summed E-state index contributed by atoms with van der Waals surface area (Å²) in [6.45, 7) is 0.384. The molecule has 2 fully saturated rings. The number of hydrogen-bond donors (Lipinski definition) is 2. The van der Waals surface area contributed by atoms with Crippen LogP contribution in [0.4, 0.5) is 4.79 Å². The van der Waals surface area contributed by atoms with Gasteiger partial charge in [0.25, 0.3) is 0 Å². The molecule has 174 valence electrons. The summed E-state index contributed by atoms with van der Waals surface area (Å²) in [7, 11) is -3.52. The van der Waals surface area contributed by atoms with Crippen molar-refractivity contribution in [2.45, 2.75) is 36.9 Å². The highest BCUT2D eigenvalue weighted by molar-refractivity contribution is 7.92. The molecule has 9 nitrogen and oxygen atoms in total. The SMILES string of the molecule is O=C(N[C@@H](Cc1ccccc1)C(=O)N[C@@H]1C(=O)N2CCCS(=O)(=O)[C@H]12)OCc1ccccc1. The molecule has 2 aromatic carbocycles. The van der Waals surface area contributed by atoms with E-state index >= 15 is 0 Å². The number of carbonyl (C=O) groups excluding carboxylic acids is 3. The third-order valence-corrected chi connectivity index (χ3v) is 7.86. The Morgan fingerprint density at radius 2 is 1.67 bits per heavy atom.